The maximum Gasteiger partial charge on any atom is 0.164 e. The summed E-state index contributed by atoms with van der Waals surface area (Å²) in [6.07, 6.45) is 1.12. The van der Waals surface area contributed by atoms with Gasteiger partial charge in [0.1, 0.15) is 0 Å². The summed E-state index contributed by atoms with van der Waals surface area (Å²) in [5.74, 6) is -1.57. The summed E-state index contributed by atoms with van der Waals surface area (Å²) >= 11 is 0. The molecule has 1 rings (SSSR count). The number of hydrogen-bond donors (Lipinski definition) is 4. The van der Waals surface area contributed by atoms with Crippen LogP contribution < -0.4 is 11.5 Å². The Morgan fingerprint density at radius 3 is 2.20 bits per heavy atom. The molecule has 0 heterocycles. The Balaban J connectivity index is 2.49. The van der Waals surface area contributed by atoms with E-state index in [2.05, 4.69) is 0 Å². The minimum atomic E-state index is -1.57. The monoisotopic (exact) mass is 146 g/mol. The van der Waals surface area contributed by atoms with E-state index in [4.69, 9.17) is 21.7 Å². The highest BCUT2D eigenvalue weighted by atomic mass is 16.5. The van der Waals surface area contributed by atoms with Crippen molar-refractivity contribution >= 4 is 0 Å². The van der Waals surface area contributed by atoms with Crippen molar-refractivity contribution in [1.82, 2.24) is 0 Å². The summed E-state index contributed by atoms with van der Waals surface area (Å²) in [6, 6.07) is -0.351. The van der Waals surface area contributed by atoms with Gasteiger partial charge in [0.15, 0.2) is 5.79 Å². The lowest BCUT2D eigenvalue weighted by molar-refractivity contribution is -0.185. The maximum atomic E-state index is 9.08. The Bertz CT molecular complexity index is 127. The van der Waals surface area contributed by atoms with E-state index in [0.717, 1.165) is 0 Å². The minimum Gasteiger partial charge on any atom is -0.366 e. The molecule has 0 radical (unpaired) electrons. The molecule has 2 unspecified atom stereocenters. The Morgan fingerprint density at radius 1 is 1.20 bits per heavy atom. The van der Waals surface area contributed by atoms with Crippen LogP contribution in [-0.2, 0) is 0 Å². The highest BCUT2D eigenvalue weighted by Gasteiger charge is 2.34. The average molecular weight is 146 g/mol. The first-order valence-electron chi connectivity index (χ1n) is 3.47. The van der Waals surface area contributed by atoms with E-state index in [0.29, 0.717) is 12.8 Å². The molecular weight excluding hydrogens is 132 g/mol. The molecule has 6 N–H and O–H groups in total. The standard InChI is InChI=1S/C6H14N2O2/c7-4-1-2-6(9,10)3-5(4)8/h4-5,9-10H,1-3,7-8H2. The Morgan fingerprint density at radius 2 is 1.80 bits per heavy atom. The number of rotatable bonds is 0. The molecule has 2 atom stereocenters. The topological polar surface area (TPSA) is 92.5 Å². The molecule has 0 aromatic heterocycles. The van der Waals surface area contributed by atoms with E-state index in [9.17, 15) is 0 Å². The first-order valence-corrected chi connectivity index (χ1v) is 3.47. The van der Waals surface area contributed by atoms with Crippen molar-refractivity contribution in [2.24, 2.45) is 11.5 Å². The normalized spacial score (nSPS) is 39.6. The average Bonchev–Trinajstić information content (AvgIpc) is 1.79. The van der Waals surface area contributed by atoms with E-state index in [1.54, 1.807) is 0 Å². The SMILES string of the molecule is NC1CCC(O)(O)CC1N. The van der Waals surface area contributed by atoms with Gasteiger partial charge in [0, 0.05) is 24.9 Å². The smallest absolute Gasteiger partial charge is 0.164 e. The summed E-state index contributed by atoms with van der Waals surface area (Å²) in [5.41, 5.74) is 11.1. The van der Waals surface area contributed by atoms with Crippen molar-refractivity contribution in [3.05, 3.63) is 0 Å². The van der Waals surface area contributed by atoms with Crippen molar-refractivity contribution in [1.29, 1.82) is 0 Å². The van der Waals surface area contributed by atoms with Gasteiger partial charge in [-0.15, -0.1) is 0 Å². The largest absolute Gasteiger partial charge is 0.366 e. The summed E-state index contributed by atoms with van der Waals surface area (Å²) in [4.78, 5) is 0. The van der Waals surface area contributed by atoms with Crippen LogP contribution in [0.1, 0.15) is 19.3 Å². The zero-order valence-electron chi connectivity index (χ0n) is 5.83. The lowest BCUT2D eigenvalue weighted by Gasteiger charge is -2.34. The van der Waals surface area contributed by atoms with Crippen LogP contribution in [0.15, 0.2) is 0 Å². The van der Waals surface area contributed by atoms with Crippen LogP contribution in [0.5, 0.6) is 0 Å². The number of aliphatic hydroxyl groups is 2. The molecule has 1 aliphatic carbocycles. The minimum absolute atomic E-state index is 0.0765. The van der Waals surface area contributed by atoms with Gasteiger partial charge in [-0.25, -0.2) is 0 Å². The fraction of sp³-hybridized carbons (Fsp3) is 1.00. The third-order valence-electron chi connectivity index (χ3n) is 1.99. The highest BCUT2D eigenvalue weighted by molar-refractivity contribution is 4.88. The van der Waals surface area contributed by atoms with Gasteiger partial charge in [-0.1, -0.05) is 0 Å². The summed E-state index contributed by atoms with van der Waals surface area (Å²) in [6.45, 7) is 0. The first kappa shape index (κ1) is 7.94. The molecule has 60 valence electrons. The predicted molar refractivity (Wildman–Crippen MR) is 37.0 cm³/mol. The maximum absolute atomic E-state index is 9.08. The van der Waals surface area contributed by atoms with E-state index in [-0.39, 0.29) is 18.5 Å². The highest BCUT2D eigenvalue weighted by Crippen LogP contribution is 2.23. The lowest BCUT2D eigenvalue weighted by atomic mass is 9.87. The molecule has 10 heavy (non-hydrogen) atoms. The van der Waals surface area contributed by atoms with Crippen LogP contribution in [-0.4, -0.2) is 28.1 Å². The van der Waals surface area contributed by atoms with Gasteiger partial charge >= 0.3 is 0 Å². The van der Waals surface area contributed by atoms with E-state index >= 15 is 0 Å². The molecule has 0 aromatic rings. The van der Waals surface area contributed by atoms with Crippen molar-refractivity contribution < 1.29 is 10.2 Å². The molecule has 0 aliphatic heterocycles. The van der Waals surface area contributed by atoms with Gasteiger partial charge < -0.3 is 21.7 Å². The second-order valence-electron chi connectivity index (χ2n) is 3.05. The quantitative estimate of drug-likeness (QED) is 0.313. The zero-order valence-corrected chi connectivity index (χ0v) is 5.83. The molecule has 0 spiro atoms. The van der Waals surface area contributed by atoms with Crippen LogP contribution in [0, 0.1) is 0 Å². The summed E-state index contributed by atoms with van der Waals surface area (Å²) in [7, 11) is 0. The Hall–Kier alpha value is -0.160. The Kier molecular flexibility index (Phi) is 1.96. The molecular formula is C6H14N2O2. The van der Waals surface area contributed by atoms with E-state index in [1.807, 2.05) is 0 Å². The van der Waals surface area contributed by atoms with Gasteiger partial charge in [-0.3, -0.25) is 0 Å². The van der Waals surface area contributed by atoms with Crippen molar-refractivity contribution in [3.8, 4) is 0 Å². The fourth-order valence-electron chi connectivity index (χ4n) is 1.24. The molecule has 4 nitrogen and oxygen atoms in total. The van der Waals surface area contributed by atoms with Gasteiger partial charge in [-0.2, -0.15) is 0 Å². The fourth-order valence-corrected chi connectivity index (χ4v) is 1.24. The summed E-state index contributed by atoms with van der Waals surface area (Å²) < 4.78 is 0. The van der Waals surface area contributed by atoms with Crippen LogP contribution in [0.25, 0.3) is 0 Å². The summed E-state index contributed by atoms with van der Waals surface area (Å²) in [5, 5.41) is 18.2. The van der Waals surface area contributed by atoms with E-state index < -0.39 is 5.79 Å². The molecule has 0 saturated heterocycles. The third-order valence-corrected chi connectivity index (χ3v) is 1.99. The van der Waals surface area contributed by atoms with Gasteiger partial charge in [-0.05, 0) is 6.42 Å². The molecule has 4 heteroatoms. The molecule has 1 saturated carbocycles. The van der Waals surface area contributed by atoms with Gasteiger partial charge in [0.2, 0.25) is 0 Å². The molecule has 0 amide bonds. The third kappa shape index (κ3) is 1.67. The molecule has 1 fully saturated rings. The van der Waals surface area contributed by atoms with Gasteiger partial charge in [0.05, 0.1) is 0 Å². The van der Waals surface area contributed by atoms with Crippen LogP contribution in [0.2, 0.25) is 0 Å². The molecule has 0 aromatic carbocycles. The Labute approximate surface area is 59.8 Å². The van der Waals surface area contributed by atoms with E-state index in [1.165, 1.54) is 0 Å². The first-order chi connectivity index (χ1) is 4.51. The predicted octanol–water partition coefficient (Wildman–Crippen LogP) is -1.49. The number of hydrogen-bond acceptors (Lipinski definition) is 4. The molecule has 1 aliphatic rings. The van der Waals surface area contributed by atoms with Crippen molar-refractivity contribution in [3.63, 3.8) is 0 Å². The zero-order chi connectivity index (χ0) is 7.78. The molecule has 0 bridgehead atoms. The van der Waals surface area contributed by atoms with Gasteiger partial charge in [0.25, 0.3) is 0 Å². The van der Waals surface area contributed by atoms with Crippen LogP contribution in [0.3, 0.4) is 0 Å². The second kappa shape index (κ2) is 2.47. The number of nitrogens with two attached hydrogens (primary N) is 2. The van der Waals surface area contributed by atoms with Crippen LogP contribution >= 0.6 is 0 Å². The van der Waals surface area contributed by atoms with Crippen molar-refractivity contribution in [2.45, 2.75) is 37.1 Å². The van der Waals surface area contributed by atoms with Crippen LogP contribution in [0.4, 0.5) is 0 Å². The van der Waals surface area contributed by atoms with Crippen molar-refractivity contribution in [2.75, 3.05) is 0 Å². The second-order valence-corrected chi connectivity index (χ2v) is 3.05. The lowest BCUT2D eigenvalue weighted by Crippen LogP contribution is -2.52.